The molecule has 5 heteroatoms. The van der Waals surface area contributed by atoms with Crippen LogP contribution >= 0.6 is 0 Å². The zero-order chi connectivity index (χ0) is 0. The maximum atomic E-state index is 0. The summed E-state index contributed by atoms with van der Waals surface area (Å²) in [7, 11) is 0. The van der Waals surface area contributed by atoms with Crippen LogP contribution in [-0.4, -0.2) is 44.2 Å². The largest absolute Gasteiger partial charge is 0 e. The Morgan fingerprint density at radius 2 is 1.00 bits per heavy atom. The summed E-state index contributed by atoms with van der Waals surface area (Å²) < 4.78 is 0. The van der Waals surface area contributed by atoms with E-state index in [1.807, 2.05) is 0 Å². The zero-order valence-corrected chi connectivity index (χ0v) is 13.3. The van der Waals surface area contributed by atoms with E-state index in [9.17, 15) is 0 Å². The molecule has 0 aromatic carbocycles. The van der Waals surface area contributed by atoms with Crippen molar-refractivity contribution in [3.8, 4) is 0 Å². The topological polar surface area (TPSA) is 0 Å². The van der Waals surface area contributed by atoms with Crippen molar-refractivity contribution in [1.82, 2.24) is 0 Å². The second kappa shape index (κ2) is 24.0. The van der Waals surface area contributed by atoms with Gasteiger partial charge in [0.2, 0.25) is 0 Å². The molecule has 0 unspecified atom stereocenters. The van der Waals surface area contributed by atoms with Crippen LogP contribution in [0.1, 0.15) is 0 Å². The van der Waals surface area contributed by atoms with Crippen LogP contribution in [0.5, 0.6) is 0 Å². The average Bonchev–Trinajstić information content (AvgIpc) is 0. The van der Waals surface area contributed by atoms with Crippen molar-refractivity contribution in [2.45, 2.75) is 0 Å². The molecule has 0 aromatic rings. The zero-order valence-electron chi connectivity index (χ0n) is 2.15. The summed E-state index contributed by atoms with van der Waals surface area (Å²) in [5.41, 5.74) is 0. The van der Waals surface area contributed by atoms with E-state index >= 15 is 0 Å². The Kier molecular flexibility index (Phi) is 167. The molecule has 0 N–H and O–H groups in total. The van der Waals surface area contributed by atoms with Gasteiger partial charge >= 0.3 is 44.2 Å². The molecule has 0 fully saturated rings. The molecule has 0 aliphatic carbocycles. The van der Waals surface area contributed by atoms with Gasteiger partial charge in [0.1, 0.15) is 0 Å². The Morgan fingerprint density at radius 1 is 1.00 bits per heavy atom. The Hall–Kier alpha value is 4.27. The van der Waals surface area contributed by atoms with E-state index < -0.39 is 0 Å². The quantitative estimate of drug-likeness (QED) is 0.338. The molecule has 1 radical (unpaired) electrons. The summed E-state index contributed by atoms with van der Waals surface area (Å²) in [6, 6.07) is 0. The van der Waals surface area contributed by atoms with E-state index in [1.165, 1.54) is 0 Å². The Balaban J connectivity index is 0. The molecule has 0 nitrogen and oxygen atoms in total. The van der Waals surface area contributed by atoms with E-state index in [0.717, 1.165) is 0 Å². The normalized spacial score (nSPS) is 0. The van der Waals surface area contributed by atoms with E-state index in [2.05, 4.69) is 0 Å². The van der Waals surface area contributed by atoms with Gasteiger partial charge in [0.15, 0.2) is 0 Å². The van der Waals surface area contributed by atoms with Gasteiger partial charge in [-0.15, -0.1) is 0 Å². The van der Waals surface area contributed by atoms with Crippen molar-refractivity contribution < 1.29 is 85.6 Å². The molecule has 0 bridgehead atoms. The fourth-order valence-corrected chi connectivity index (χ4v) is 0. The van der Waals surface area contributed by atoms with Crippen LogP contribution in [-0.2, 0) is 44.8 Å². The third kappa shape index (κ3) is 17.8. The van der Waals surface area contributed by atoms with E-state index in [4.69, 9.17) is 0 Å². The van der Waals surface area contributed by atoms with Crippen LogP contribution in [0.25, 0.3) is 0 Å². The van der Waals surface area contributed by atoms with Gasteiger partial charge in [-0.25, -0.2) is 0 Å². The van der Waals surface area contributed by atoms with Crippen LogP contribution < -0.4 is 0 Å². The minimum absolute atomic E-state index is 0. The van der Waals surface area contributed by atoms with Crippen molar-refractivity contribution >= 4 is 44.2 Å². The average molecular weight is 484 g/mol. The molecule has 0 saturated carbocycles. The molecule has 5 heavy (non-hydrogen) atoms. The summed E-state index contributed by atoms with van der Waals surface area (Å²) in [5.74, 6) is 0. The van der Waals surface area contributed by atoms with Gasteiger partial charge in [0.25, 0.3) is 0 Å². The Morgan fingerprint density at radius 3 is 1.00 bits per heavy atom. The second-order valence-corrected chi connectivity index (χ2v) is 0. The van der Waals surface area contributed by atoms with Crippen molar-refractivity contribution in [2.24, 2.45) is 0 Å². The van der Waals surface area contributed by atoms with Gasteiger partial charge in [-0.1, -0.05) is 0 Å². The molecule has 0 heterocycles. The number of rotatable bonds is 0. The molecule has 0 saturated heterocycles. The molecule has 0 spiro atoms. The summed E-state index contributed by atoms with van der Waals surface area (Å²) >= 11 is 0. The molecule has 0 rings (SSSR count). The van der Waals surface area contributed by atoms with E-state index in [0.29, 0.717) is 0 Å². The predicted octanol–water partition coefficient (Wildman–Crippen LogP) is -2.37. The first-order chi connectivity index (χ1) is 0. The maximum Gasteiger partial charge on any atom is 0 e. The van der Waals surface area contributed by atoms with E-state index in [-0.39, 0.29) is 130 Å². The van der Waals surface area contributed by atoms with E-state index in [1.54, 1.807) is 0 Å². The number of hydrogen-bond acceptors (Lipinski definition) is 0. The summed E-state index contributed by atoms with van der Waals surface area (Å²) in [6.07, 6.45) is 0. The Labute approximate surface area is 126 Å². The van der Waals surface area contributed by atoms with Crippen molar-refractivity contribution in [3.05, 3.63) is 0 Å². The van der Waals surface area contributed by atoms with Crippen LogP contribution in [0.3, 0.4) is 0 Å². The molecule has 0 aliphatic heterocycles. The molecule has 0 amide bonds. The Bertz CT molecular complexity index is 11.6. The minimum atomic E-state index is 0. The number of hydrogen-bond donors (Lipinski definition) is 0. The molecular formula is H6GaNdSbVZr. The van der Waals surface area contributed by atoms with Crippen molar-refractivity contribution in [1.29, 1.82) is 0 Å². The monoisotopic (exact) mass is 479 g/mol. The van der Waals surface area contributed by atoms with Crippen molar-refractivity contribution in [2.75, 3.05) is 0 Å². The molecule has 0 aliphatic rings. The maximum absolute atomic E-state index is 0. The predicted molar refractivity (Wildman–Crippen MR) is 19.9 cm³/mol. The first kappa shape index (κ1) is 34.8. The summed E-state index contributed by atoms with van der Waals surface area (Å²) in [4.78, 5) is 0. The van der Waals surface area contributed by atoms with Crippen LogP contribution in [0.15, 0.2) is 0 Å². The van der Waals surface area contributed by atoms with Gasteiger partial charge in [0, 0.05) is 85.6 Å². The fourth-order valence-electron chi connectivity index (χ4n) is 0. The molecule has 0 atom stereocenters. The fraction of sp³-hybridized carbons (Fsp3) is 0. The molecule has 27 valence electrons. The third-order valence-corrected chi connectivity index (χ3v) is 0. The van der Waals surface area contributed by atoms with Crippen LogP contribution in [0.4, 0.5) is 0 Å². The third-order valence-electron chi connectivity index (χ3n) is 0. The van der Waals surface area contributed by atoms with Gasteiger partial charge in [0.05, 0.1) is 0 Å². The first-order valence-corrected chi connectivity index (χ1v) is 0. The van der Waals surface area contributed by atoms with Crippen LogP contribution in [0.2, 0.25) is 0 Å². The standard InChI is InChI=1S/Ga.Nd.Sb.V.Zr.6H. The van der Waals surface area contributed by atoms with Gasteiger partial charge in [-0.3, -0.25) is 0 Å². The van der Waals surface area contributed by atoms with Crippen molar-refractivity contribution in [3.63, 3.8) is 0 Å². The second-order valence-electron chi connectivity index (χ2n) is 0. The summed E-state index contributed by atoms with van der Waals surface area (Å²) in [6.45, 7) is 0. The smallest absolute Gasteiger partial charge is 0 e. The van der Waals surface area contributed by atoms with Gasteiger partial charge in [-0.2, -0.15) is 0 Å². The van der Waals surface area contributed by atoms with Gasteiger partial charge < -0.3 is 0 Å². The first-order valence-electron chi connectivity index (χ1n) is 0. The van der Waals surface area contributed by atoms with Crippen LogP contribution in [0, 0.1) is 40.8 Å². The summed E-state index contributed by atoms with van der Waals surface area (Å²) in [5, 5.41) is 0. The SMILES string of the molecule is [GaH3].[Nd].[SbH3].[V].[Zr]. The molecule has 0 aromatic heterocycles. The van der Waals surface area contributed by atoms with Gasteiger partial charge in [-0.05, 0) is 0 Å². The molecular weight excluding hydrogens is 478 g/mol. The minimum Gasteiger partial charge on any atom is 0 e.